The quantitative estimate of drug-likeness (QED) is 0.178. The molecule has 212 valence electrons. The fourth-order valence-corrected chi connectivity index (χ4v) is 13.0. The largest absolute Gasteiger partial charge is 0.307 e. The molecule has 10 aromatic rings. The number of aryl methyl sites for hydroxylation is 4. The summed E-state index contributed by atoms with van der Waals surface area (Å²) in [5.74, 6) is 0. The molecular weight excluding hydrogens is 613 g/mol. The molecule has 6 heterocycles. The smallest absolute Gasteiger partial charge is 0.0829 e. The van der Waals surface area contributed by atoms with Crippen molar-refractivity contribution in [1.29, 1.82) is 0 Å². The van der Waals surface area contributed by atoms with E-state index in [2.05, 4.69) is 122 Å². The van der Waals surface area contributed by atoms with Gasteiger partial charge in [0.1, 0.15) is 0 Å². The van der Waals surface area contributed by atoms with Gasteiger partial charge < -0.3 is 9.13 Å². The Morgan fingerprint density at radius 2 is 0.705 bits per heavy atom. The van der Waals surface area contributed by atoms with Gasteiger partial charge in [-0.05, 0) is 75.2 Å². The lowest BCUT2D eigenvalue weighted by molar-refractivity contribution is 1.18. The molecule has 10 rings (SSSR count). The van der Waals surface area contributed by atoms with Gasteiger partial charge in [-0.3, -0.25) is 0 Å². The van der Waals surface area contributed by atoms with Gasteiger partial charge in [0, 0.05) is 22.1 Å². The van der Waals surface area contributed by atoms with Crippen molar-refractivity contribution in [1.82, 2.24) is 9.13 Å². The molecule has 0 aliphatic heterocycles. The molecule has 6 heteroatoms. The van der Waals surface area contributed by atoms with Crippen molar-refractivity contribution >= 4 is 116 Å². The first-order valence-corrected chi connectivity index (χ1v) is 18.1. The summed E-state index contributed by atoms with van der Waals surface area (Å²) >= 11 is 7.96. The van der Waals surface area contributed by atoms with Crippen molar-refractivity contribution in [2.75, 3.05) is 0 Å². The first-order valence-electron chi connectivity index (χ1n) is 14.8. The monoisotopic (exact) mass is 638 g/mol. The molecule has 44 heavy (non-hydrogen) atoms. The predicted molar refractivity (Wildman–Crippen MR) is 198 cm³/mol. The third-order valence-electron chi connectivity index (χ3n) is 9.02. The van der Waals surface area contributed by atoms with Gasteiger partial charge in [-0.1, -0.05) is 59.7 Å². The van der Waals surface area contributed by atoms with Crippen molar-refractivity contribution in [2.45, 2.75) is 27.7 Å². The minimum atomic E-state index is 1.23. The highest BCUT2D eigenvalue weighted by atomic mass is 32.1. The first-order chi connectivity index (χ1) is 21.4. The molecule has 2 nitrogen and oxygen atoms in total. The number of thiophene rings is 4. The van der Waals surface area contributed by atoms with Crippen molar-refractivity contribution in [3.63, 3.8) is 0 Å². The van der Waals surface area contributed by atoms with Gasteiger partial charge in [0.15, 0.2) is 0 Å². The molecule has 0 amide bonds. The Labute approximate surface area is 269 Å². The van der Waals surface area contributed by atoms with Crippen LogP contribution in [-0.4, -0.2) is 9.13 Å². The third-order valence-corrected chi connectivity index (χ3v) is 14.6. The third kappa shape index (κ3) is 3.29. The number of aromatic nitrogens is 2. The molecular formula is C38H26N2S4. The summed E-state index contributed by atoms with van der Waals surface area (Å²) in [5.41, 5.74) is 13.0. The molecule has 0 saturated heterocycles. The first kappa shape index (κ1) is 25.4. The fourth-order valence-electron chi connectivity index (χ4n) is 6.87. The summed E-state index contributed by atoms with van der Waals surface area (Å²) < 4.78 is 16.4. The number of fused-ring (bicyclic) bond motifs is 13. The summed E-state index contributed by atoms with van der Waals surface area (Å²) in [6, 6.07) is 31.9. The summed E-state index contributed by atoms with van der Waals surface area (Å²) in [6.45, 7) is 8.72. The van der Waals surface area contributed by atoms with E-state index in [0.717, 1.165) is 0 Å². The Kier molecular flexibility index (Phi) is 5.09. The molecule has 0 aliphatic rings. The Hall–Kier alpha value is -3.94. The molecule has 0 fully saturated rings. The molecule has 0 N–H and O–H groups in total. The van der Waals surface area contributed by atoms with Gasteiger partial charge in [-0.15, -0.1) is 45.3 Å². The van der Waals surface area contributed by atoms with Crippen molar-refractivity contribution in [2.24, 2.45) is 0 Å². The Bertz CT molecular complexity index is 2590. The molecule has 0 radical (unpaired) electrons. The van der Waals surface area contributed by atoms with E-state index in [1.165, 1.54) is 104 Å². The van der Waals surface area contributed by atoms with E-state index in [9.17, 15) is 0 Å². The van der Waals surface area contributed by atoms with Crippen LogP contribution in [0.1, 0.15) is 22.3 Å². The second kappa shape index (κ2) is 8.83. The van der Waals surface area contributed by atoms with E-state index in [-0.39, 0.29) is 0 Å². The van der Waals surface area contributed by atoms with Gasteiger partial charge in [0.2, 0.25) is 0 Å². The molecule has 4 aromatic carbocycles. The summed E-state index contributed by atoms with van der Waals surface area (Å²) in [6.07, 6.45) is 0. The molecule has 0 aliphatic carbocycles. The average Bonchev–Trinajstić information content (AvgIpc) is 3.82. The summed E-state index contributed by atoms with van der Waals surface area (Å²) in [7, 11) is 0. The fraction of sp³-hybridized carbons (Fsp3) is 0.105. The summed E-state index contributed by atoms with van der Waals surface area (Å²) in [5, 5.41) is 2.70. The highest BCUT2D eigenvalue weighted by Gasteiger charge is 2.26. The van der Waals surface area contributed by atoms with Crippen LogP contribution >= 0.6 is 45.3 Å². The van der Waals surface area contributed by atoms with E-state index < -0.39 is 0 Å². The predicted octanol–water partition coefficient (Wildman–Crippen LogP) is 12.8. The van der Waals surface area contributed by atoms with Gasteiger partial charge in [0.05, 0.1) is 59.7 Å². The van der Waals surface area contributed by atoms with E-state index >= 15 is 0 Å². The summed E-state index contributed by atoms with van der Waals surface area (Å²) in [4.78, 5) is 0. The van der Waals surface area contributed by atoms with E-state index in [1.54, 1.807) is 0 Å². The molecule has 0 spiro atoms. The minimum Gasteiger partial charge on any atom is -0.307 e. The zero-order valence-electron chi connectivity index (χ0n) is 24.6. The highest BCUT2D eigenvalue weighted by molar-refractivity contribution is 7.47. The van der Waals surface area contributed by atoms with Crippen LogP contribution in [0.3, 0.4) is 0 Å². The lowest BCUT2D eigenvalue weighted by Crippen LogP contribution is -1.93. The van der Waals surface area contributed by atoms with Crippen LogP contribution in [-0.2, 0) is 0 Å². The van der Waals surface area contributed by atoms with Crippen molar-refractivity contribution in [3.05, 3.63) is 107 Å². The Morgan fingerprint density at radius 1 is 0.364 bits per heavy atom. The molecule has 6 aromatic heterocycles. The van der Waals surface area contributed by atoms with E-state index in [4.69, 9.17) is 0 Å². The standard InChI is InChI=1S/C38H26N2S4/c1-19-5-11-23(12-6-19)39-27-17-21(3)9-15-25(27)31-29(39)33-35(41-31)37-38(43-33)36-34(44-37)30-32(42-36)26-16-10-22(4)18-28(26)40(30)24-13-7-20(2)8-14-24/h5-18H,1-4H3. The minimum absolute atomic E-state index is 1.23. The molecule has 0 atom stereocenters. The number of nitrogens with zero attached hydrogens (tertiary/aromatic N) is 2. The molecule has 0 bridgehead atoms. The van der Waals surface area contributed by atoms with Crippen molar-refractivity contribution in [3.8, 4) is 11.4 Å². The lowest BCUT2D eigenvalue weighted by Gasteiger charge is -2.08. The topological polar surface area (TPSA) is 9.86 Å². The van der Waals surface area contributed by atoms with Crippen LogP contribution in [0.4, 0.5) is 0 Å². The lowest BCUT2D eigenvalue weighted by atomic mass is 10.2. The maximum atomic E-state index is 2.51. The zero-order valence-corrected chi connectivity index (χ0v) is 27.9. The van der Waals surface area contributed by atoms with Crippen LogP contribution in [0.15, 0.2) is 84.9 Å². The normalized spacial score (nSPS) is 12.5. The molecule has 0 unspecified atom stereocenters. The van der Waals surface area contributed by atoms with E-state index in [1.807, 2.05) is 45.3 Å². The second-order valence-corrected chi connectivity index (χ2v) is 16.2. The maximum Gasteiger partial charge on any atom is 0.0829 e. The van der Waals surface area contributed by atoms with Crippen LogP contribution < -0.4 is 0 Å². The number of rotatable bonds is 2. The van der Waals surface area contributed by atoms with Gasteiger partial charge in [-0.2, -0.15) is 0 Å². The van der Waals surface area contributed by atoms with Gasteiger partial charge >= 0.3 is 0 Å². The number of hydrogen-bond donors (Lipinski definition) is 0. The number of benzene rings is 4. The van der Waals surface area contributed by atoms with Crippen LogP contribution in [0.2, 0.25) is 0 Å². The van der Waals surface area contributed by atoms with Crippen LogP contribution in [0.25, 0.3) is 81.8 Å². The average molecular weight is 639 g/mol. The molecule has 0 saturated carbocycles. The Balaban J connectivity index is 1.33. The van der Waals surface area contributed by atoms with E-state index in [0.29, 0.717) is 0 Å². The van der Waals surface area contributed by atoms with Gasteiger partial charge in [-0.25, -0.2) is 0 Å². The second-order valence-electron chi connectivity index (χ2n) is 12.1. The van der Waals surface area contributed by atoms with Crippen LogP contribution in [0.5, 0.6) is 0 Å². The zero-order chi connectivity index (χ0) is 29.4. The maximum absolute atomic E-state index is 2.51. The van der Waals surface area contributed by atoms with Gasteiger partial charge in [0.25, 0.3) is 0 Å². The highest BCUT2D eigenvalue weighted by Crippen LogP contribution is 2.56. The van der Waals surface area contributed by atoms with Crippen LogP contribution in [0, 0.1) is 27.7 Å². The Morgan fingerprint density at radius 3 is 1.11 bits per heavy atom. The van der Waals surface area contributed by atoms with Crippen molar-refractivity contribution < 1.29 is 0 Å². The SMILES string of the molecule is Cc1ccc(-n2c3cc(C)ccc3c3sc4c5sc6c(sc7c8ccc(C)cc8n(-c8ccc(C)cc8)c76)c5sc4c32)cc1. The number of hydrogen-bond acceptors (Lipinski definition) is 4.